The minimum absolute atomic E-state index is 0.172. The van der Waals surface area contributed by atoms with Crippen molar-refractivity contribution in [2.45, 2.75) is 0 Å². The number of nitrogens with one attached hydrogen (secondary N) is 1. The van der Waals surface area contributed by atoms with Gasteiger partial charge < -0.3 is 14.2 Å². The van der Waals surface area contributed by atoms with Crippen LogP contribution in [0.5, 0.6) is 17.2 Å². The summed E-state index contributed by atoms with van der Waals surface area (Å²) in [5.41, 5.74) is 0.713. The maximum absolute atomic E-state index is 13.0. The van der Waals surface area contributed by atoms with E-state index >= 15 is 0 Å². The first-order valence-corrected chi connectivity index (χ1v) is 10.5. The third-order valence-corrected chi connectivity index (χ3v) is 5.00. The first kappa shape index (κ1) is 22.6. The number of rotatable bonds is 8. The quantitative estimate of drug-likeness (QED) is 0.313. The summed E-state index contributed by atoms with van der Waals surface area (Å²) in [5, 5.41) is 2.22. The Labute approximate surface area is 196 Å². The number of carbonyl (C=O) groups excluding carboxylic acids is 3. The zero-order valence-corrected chi connectivity index (χ0v) is 18.4. The number of barbiturate groups is 1. The van der Waals surface area contributed by atoms with Crippen molar-refractivity contribution in [1.82, 2.24) is 5.32 Å². The van der Waals surface area contributed by atoms with Crippen LogP contribution in [0.1, 0.15) is 5.56 Å². The topological polar surface area (TPSA) is 94.2 Å². The number of urea groups is 1. The molecule has 0 aromatic heterocycles. The second-order valence-corrected chi connectivity index (χ2v) is 7.20. The Morgan fingerprint density at radius 3 is 2.18 bits per heavy atom. The average molecular weight is 458 g/mol. The maximum atomic E-state index is 13.0. The average Bonchev–Trinajstić information content (AvgIpc) is 2.86. The van der Waals surface area contributed by atoms with Crippen molar-refractivity contribution < 1.29 is 28.6 Å². The van der Waals surface area contributed by atoms with Gasteiger partial charge in [-0.3, -0.25) is 14.9 Å². The lowest BCUT2D eigenvalue weighted by atomic mass is 10.1. The highest BCUT2D eigenvalue weighted by atomic mass is 16.5. The SMILES string of the molecule is COc1ccc(OCCOc2ccccc2C=C2C(=O)NC(=O)N(c3ccccc3)C2=O)cc1. The van der Waals surface area contributed by atoms with Crippen LogP contribution < -0.4 is 24.4 Å². The zero-order chi connectivity index (χ0) is 23.9. The third-order valence-electron chi connectivity index (χ3n) is 5.00. The van der Waals surface area contributed by atoms with Crippen molar-refractivity contribution in [3.8, 4) is 17.2 Å². The van der Waals surface area contributed by atoms with Gasteiger partial charge in [0.15, 0.2) is 0 Å². The molecule has 34 heavy (non-hydrogen) atoms. The number of amides is 4. The standard InChI is InChI=1S/C26H22N2O6/c1-32-20-11-13-21(14-12-20)33-15-16-34-23-10-6-5-7-18(23)17-22-24(29)27-26(31)28(25(22)30)19-8-3-2-4-9-19/h2-14,17H,15-16H2,1H3,(H,27,29,31). The molecule has 0 spiro atoms. The van der Waals surface area contributed by atoms with Crippen LogP contribution in [0.3, 0.4) is 0 Å². The number of para-hydroxylation sites is 2. The van der Waals surface area contributed by atoms with Gasteiger partial charge in [-0.15, -0.1) is 0 Å². The molecular weight excluding hydrogens is 436 g/mol. The molecule has 0 radical (unpaired) electrons. The van der Waals surface area contributed by atoms with Crippen LogP contribution in [0, 0.1) is 0 Å². The number of anilines is 1. The number of imide groups is 2. The second kappa shape index (κ2) is 10.4. The predicted molar refractivity (Wildman–Crippen MR) is 126 cm³/mol. The molecule has 0 unspecified atom stereocenters. The molecular formula is C26H22N2O6. The van der Waals surface area contributed by atoms with Gasteiger partial charge in [-0.1, -0.05) is 36.4 Å². The van der Waals surface area contributed by atoms with Gasteiger partial charge in [0.2, 0.25) is 0 Å². The molecule has 8 nitrogen and oxygen atoms in total. The molecule has 3 aromatic carbocycles. The van der Waals surface area contributed by atoms with Gasteiger partial charge in [-0.05, 0) is 48.5 Å². The molecule has 1 heterocycles. The second-order valence-electron chi connectivity index (χ2n) is 7.20. The lowest BCUT2D eigenvalue weighted by Gasteiger charge is -2.26. The minimum atomic E-state index is -0.793. The Morgan fingerprint density at radius 1 is 0.794 bits per heavy atom. The smallest absolute Gasteiger partial charge is 0.335 e. The molecule has 0 bridgehead atoms. The van der Waals surface area contributed by atoms with Crippen molar-refractivity contribution in [3.05, 3.63) is 90.0 Å². The largest absolute Gasteiger partial charge is 0.497 e. The molecule has 1 N–H and O–H groups in total. The molecule has 3 aromatic rings. The summed E-state index contributed by atoms with van der Waals surface area (Å²) < 4.78 is 16.6. The van der Waals surface area contributed by atoms with Crippen molar-refractivity contribution in [2.24, 2.45) is 0 Å². The lowest BCUT2D eigenvalue weighted by molar-refractivity contribution is -0.122. The summed E-state index contributed by atoms with van der Waals surface area (Å²) in [4.78, 5) is 38.7. The van der Waals surface area contributed by atoms with E-state index in [0.717, 1.165) is 10.6 Å². The van der Waals surface area contributed by atoms with E-state index in [0.29, 0.717) is 22.7 Å². The Bertz CT molecular complexity index is 1220. The van der Waals surface area contributed by atoms with Crippen LogP contribution in [0.25, 0.3) is 6.08 Å². The summed E-state index contributed by atoms with van der Waals surface area (Å²) in [6.07, 6.45) is 1.42. The Balaban J connectivity index is 1.47. The van der Waals surface area contributed by atoms with E-state index < -0.39 is 17.8 Å². The monoisotopic (exact) mass is 458 g/mol. The van der Waals surface area contributed by atoms with E-state index in [1.54, 1.807) is 86.0 Å². The first-order chi connectivity index (χ1) is 16.6. The van der Waals surface area contributed by atoms with Crippen LogP contribution in [0.4, 0.5) is 10.5 Å². The van der Waals surface area contributed by atoms with Crippen LogP contribution >= 0.6 is 0 Å². The number of nitrogens with zero attached hydrogens (tertiary/aromatic N) is 1. The normalized spacial score (nSPS) is 14.7. The van der Waals surface area contributed by atoms with Crippen molar-refractivity contribution in [2.75, 3.05) is 25.2 Å². The van der Waals surface area contributed by atoms with Gasteiger partial charge in [0.25, 0.3) is 11.8 Å². The van der Waals surface area contributed by atoms with E-state index in [4.69, 9.17) is 14.2 Å². The van der Waals surface area contributed by atoms with Crippen LogP contribution in [0.2, 0.25) is 0 Å². The molecule has 4 rings (SSSR count). The van der Waals surface area contributed by atoms with E-state index in [1.807, 2.05) is 0 Å². The van der Waals surface area contributed by atoms with Gasteiger partial charge in [-0.25, -0.2) is 9.69 Å². The minimum Gasteiger partial charge on any atom is -0.497 e. The third kappa shape index (κ3) is 5.07. The summed E-state index contributed by atoms with van der Waals surface area (Å²) in [6.45, 7) is 0.522. The number of carbonyl (C=O) groups is 3. The molecule has 1 aliphatic rings. The van der Waals surface area contributed by atoms with Crippen LogP contribution in [-0.4, -0.2) is 38.2 Å². The molecule has 172 valence electrons. The number of methoxy groups -OCH3 is 1. The Morgan fingerprint density at radius 2 is 1.44 bits per heavy atom. The maximum Gasteiger partial charge on any atom is 0.335 e. The van der Waals surface area contributed by atoms with Crippen molar-refractivity contribution >= 4 is 29.6 Å². The fourth-order valence-corrected chi connectivity index (χ4v) is 3.34. The van der Waals surface area contributed by atoms with Gasteiger partial charge in [0.05, 0.1) is 12.8 Å². The number of benzene rings is 3. The van der Waals surface area contributed by atoms with Crippen molar-refractivity contribution in [1.29, 1.82) is 0 Å². The van der Waals surface area contributed by atoms with E-state index in [-0.39, 0.29) is 18.8 Å². The molecule has 0 aliphatic carbocycles. The number of ether oxygens (including phenoxy) is 3. The fraction of sp³-hybridized carbons (Fsp3) is 0.115. The molecule has 0 atom stereocenters. The van der Waals surface area contributed by atoms with Gasteiger partial charge in [0.1, 0.15) is 36.0 Å². The van der Waals surface area contributed by atoms with E-state index in [1.165, 1.54) is 6.08 Å². The van der Waals surface area contributed by atoms with Crippen molar-refractivity contribution in [3.63, 3.8) is 0 Å². The zero-order valence-electron chi connectivity index (χ0n) is 18.4. The number of hydrogen-bond acceptors (Lipinski definition) is 6. The summed E-state index contributed by atoms with van der Waals surface area (Å²) in [7, 11) is 1.60. The van der Waals surface area contributed by atoms with Gasteiger partial charge >= 0.3 is 6.03 Å². The van der Waals surface area contributed by atoms with E-state index in [2.05, 4.69) is 5.32 Å². The fourth-order valence-electron chi connectivity index (χ4n) is 3.34. The molecule has 1 fully saturated rings. The molecule has 1 saturated heterocycles. The van der Waals surface area contributed by atoms with Gasteiger partial charge in [0, 0.05) is 5.56 Å². The molecule has 4 amide bonds. The summed E-state index contributed by atoms with van der Waals surface area (Å²) in [5.74, 6) is 0.406. The van der Waals surface area contributed by atoms with Gasteiger partial charge in [-0.2, -0.15) is 0 Å². The molecule has 0 saturated carbocycles. The predicted octanol–water partition coefficient (Wildman–Crippen LogP) is 3.82. The Hall–Kier alpha value is -4.59. The highest BCUT2D eigenvalue weighted by Gasteiger charge is 2.36. The summed E-state index contributed by atoms with van der Waals surface area (Å²) >= 11 is 0. The molecule has 8 heteroatoms. The summed E-state index contributed by atoms with van der Waals surface area (Å²) in [6, 6.07) is 21.8. The van der Waals surface area contributed by atoms with Crippen LogP contribution in [-0.2, 0) is 9.59 Å². The Kier molecular flexibility index (Phi) is 6.88. The number of hydrogen-bond donors (Lipinski definition) is 1. The van der Waals surface area contributed by atoms with Crippen LogP contribution in [0.15, 0.2) is 84.4 Å². The molecule has 1 aliphatic heterocycles. The lowest BCUT2D eigenvalue weighted by Crippen LogP contribution is -2.54. The van der Waals surface area contributed by atoms with E-state index in [9.17, 15) is 14.4 Å². The first-order valence-electron chi connectivity index (χ1n) is 10.5. The highest BCUT2D eigenvalue weighted by Crippen LogP contribution is 2.25. The highest BCUT2D eigenvalue weighted by molar-refractivity contribution is 6.39.